The molecule has 7 heteroatoms. The zero-order valence-corrected chi connectivity index (χ0v) is 16.9. The van der Waals surface area contributed by atoms with Gasteiger partial charge in [0.1, 0.15) is 5.54 Å². The third kappa shape index (κ3) is 5.47. The molecule has 0 bridgehead atoms. The van der Waals surface area contributed by atoms with Gasteiger partial charge in [0, 0.05) is 11.7 Å². The predicted octanol–water partition coefficient (Wildman–Crippen LogP) is 3.44. The Bertz CT molecular complexity index is 805. The summed E-state index contributed by atoms with van der Waals surface area (Å²) in [7, 11) is 0. The van der Waals surface area contributed by atoms with Crippen molar-refractivity contribution in [3.05, 3.63) is 65.7 Å². The van der Waals surface area contributed by atoms with Crippen molar-refractivity contribution in [3.63, 3.8) is 0 Å². The van der Waals surface area contributed by atoms with Gasteiger partial charge in [0.15, 0.2) is 0 Å². The van der Waals surface area contributed by atoms with Crippen LogP contribution in [0.2, 0.25) is 0 Å². The molecule has 2 atom stereocenters. The average molecular weight is 403 g/mol. The van der Waals surface area contributed by atoms with Gasteiger partial charge in [-0.2, -0.15) is 0 Å². The molecule has 0 aliphatic heterocycles. The molecule has 28 heavy (non-hydrogen) atoms. The maximum absolute atomic E-state index is 12.7. The normalized spacial score (nSPS) is 16.1. The number of carbonyl (C=O) groups is 2. The molecule has 2 aromatic carbocycles. The molecule has 1 aliphatic rings. The van der Waals surface area contributed by atoms with E-state index in [-0.39, 0.29) is 30.4 Å². The van der Waals surface area contributed by atoms with Gasteiger partial charge in [-0.3, -0.25) is 4.79 Å². The molecule has 0 heterocycles. The van der Waals surface area contributed by atoms with Gasteiger partial charge in [-0.05, 0) is 49.9 Å². The number of urea groups is 1. The minimum atomic E-state index is -1.11. The highest BCUT2D eigenvalue weighted by atomic mass is 35.5. The zero-order valence-electron chi connectivity index (χ0n) is 16.1. The largest absolute Gasteiger partial charge is 0.348 e. The summed E-state index contributed by atoms with van der Waals surface area (Å²) in [4.78, 5) is 24.4. The number of rotatable bonds is 6. The topological polar surface area (TPSA) is 96.2 Å². The van der Waals surface area contributed by atoms with E-state index >= 15 is 0 Å². The number of anilines is 1. The quantitative estimate of drug-likeness (QED) is 0.595. The fraction of sp³-hybridized carbons (Fsp3) is 0.333. The Kier molecular flexibility index (Phi) is 7.05. The second-order valence-corrected chi connectivity index (χ2v) is 7.26. The molecule has 1 saturated carbocycles. The Hall–Kier alpha value is -2.57. The minimum Gasteiger partial charge on any atom is -0.348 e. The van der Waals surface area contributed by atoms with E-state index in [1.165, 1.54) is 0 Å². The summed E-state index contributed by atoms with van der Waals surface area (Å²) in [5.41, 5.74) is 7.55. The van der Waals surface area contributed by atoms with Gasteiger partial charge in [-0.25, -0.2) is 4.79 Å². The van der Waals surface area contributed by atoms with Crippen molar-refractivity contribution in [2.75, 3.05) is 5.32 Å². The van der Waals surface area contributed by atoms with Gasteiger partial charge in [0.25, 0.3) is 0 Å². The summed E-state index contributed by atoms with van der Waals surface area (Å²) in [6, 6.07) is 16.6. The molecular weight excluding hydrogens is 376 g/mol. The van der Waals surface area contributed by atoms with Gasteiger partial charge < -0.3 is 21.7 Å². The summed E-state index contributed by atoms with van der Waals surface area (Å²) >= 11 is 0. The van der Waals surface area contributed by atoms with Crippen LogP contribution in [0, 0.1) is 0 Å². The molecule has 1 fully saturated rings. The van der Waals surface area contributed by atoms with E-state index in [2.05, 4.69) is 16.0 Å². The lowest BCUT2D eigenvalue weighted by Gasteiger charge is -2.26. The van der Waals surface area contributed by atoms with Crippen LogP contribution in [-0.4, -0.2) is 18.0 Å². The SMILES string of the molecule is CC(NC(=O)C(C)(N)c1ccccc1)c1ccc(NC(=O)NC2CC2)cc1.Cl. The fourth-order valence-corrected chi connectivity index (χ4v) is 2.78. The fourth-order valence-electron chi connectivity index (χ4n) is 2.78. The summed E-state index contributed by atoms with van der Waals surface area (Å²) in [5, 5.41) is 8.65. The molecule has 6 nitrogen and oxygen atoms in total. The molecule has 150 valence electrons. The maximum Gasteiger partial charge on any atom is 0.319 e. The average Bonchev–Trinajstić information content (AvgIpc) is 3.46. The monoisotopic (exact) mass is 402 g/mol. The first-order valence-corrected chi connectivity index (χ1v) is 9.19. The second kappa shape index (κ2) is 9.08. The third-order valence-corrected chi connectivity index (χ3v) is 4.77. The van der Waals surface area contributed by atoms with E-state index in [1.807, 2.05) is 61.5 Å². The molecule has 1 aliphatic carbocycles. The van der Waals surface area contributed by atoms with Gasteiger partial charge in [-0.15, -0.1) is 12.4 Å². The number of nitrogens with two attached hydrogens (primary N) is 1. The van der Waals surface area contributed by atoms with E-state index < -0.39 is 5.54 Å². The third-order valence-electron chi connectivity index (χ3n) is 4.77. The van der Waals surface area contributed by atoms with Crippen molar-refractivity contribution >= 4 is 30.0 Å². The van der Waals surface area contributed by atoms with Crippen LogP contribution < -0.4 is 21.7 Å². The predicted molar refractivity (Wildman–Crippen MR) is 113 cm³/mol. The first kappa shape index (κ1) is 21.7. The van der Waals surface area contributed by atoms with Crippen LogP contribution in [0.15, 0.2) is 54.6 Å². The molecule has 3 rings (SSSR count). The van der Waals surface area contributed by atoms with Crippen LogP contribution in [0.1, 0.15) is 43.9 Å². The first-order valence-electron chi connectivity index (χ1n) is 9.19. The van der Waals surface area contributed by atoms with Crippen LogP contribution in [0.3, 0.4) is 0 Å². The van der Waals surface area contributed by atoms with E-state index in [1.54, 1.807) is 6.92 Å². The molecule has 0 saturated heterocycles. The van der Waals surface area contributed by atoms with Crippen molar-refractivity contribution in [1.82, 2.24) is 10.6 Å². The number of halogens is 1. The number of nitrogens with one attached hydrogen (secondary N) is 3. The van der Waals surface area contributed by atoms with Crippen LogP contribution in [0.25, 0.3) is 0 Å². The summed E-state index contributed by atoms with van der Waals surface area (Å²) in [6.45, 7) is 3.61. The summed E-state index contributed by atoms with van der Waals surface area (Å²) in [6.07, 6.45) is 2.10. The van der Waals surface area contributed by atoms with Crippen molar-refractivity contribution in [2.45, 2.75) is 44.3 Å². The standard InChI is InChI=1S/C21H26N4O2.ClH/c1-14(23-19(26)21(2,22)16-6-4-3-5-7-16)15-8-10-17(11-9-15)24-20(27)25-18-12-13-18;/h3-11,14,18H,12-13,22H2,1-2H3,(H,23,26)(H2,24,25,27);1H. The van der Waals surface area contributed by atoms with Gasteiger partial charge in [-0.1, -0.05) is 42.5 Å². The number of hydrogen-bond acceptors (Lipinski definition) is 3. The number of benzene rings is 2. The molecular formula is C21H27ClN4O2. The first-order chi connectivity index (χ1) is 12.9. The zero-order chi connectivity index (χ0) is 19.4. The second-order valence-electron chi connectivity index (χ2n) is 7.26. The van der Waals surface area contributed by atoms with E-state index in [9.17, 15) is 9.59 Å². The van der Waals surface area contributed by atoms with Crippen molar-refractivity contribution < 1.29 is 9.59 Å². The van der Waals surface area contributed by atoms with Crippen LogP contribution in [-0.2, 0) is 10.3 Å². The van der Waals surface area contributed by atoms with E-state index in [4.69, 9.17) is 5.73 Å². The smallest absolute Gasteiger partial charge is 0.319 e. The van der Waals surface area contributed by atoms with Crippen LogP contribution >= 0.6 is 12.4 Å². The lowest BCUT2D eigenvalue weighted by Crippen LogP contribution is -2.49. The highest BCUT2D eigenvalue weighted by molar-refractivity contribution is 5.89. The lowest BCUT2D eigenvalue weighted by molar-refractivity contribution is -0.126. The molecule has 3 amide bonds. The van der Waals surface area contributed by atoms with Gasteiger partial charge >= 0.3 is 6.03 Å². The van der Waals surface area contributed by atoms with Crippen LogP contribution in [0.5, 0.6) is 0 Å². The molecule has 0 aromatic heterocycles. The van der Waals surface area contributed by atoms with E-state index in [0.717, 1.165) is 24.0 Å². The maximum atomic E-state index is 12.7. The van der Waals surface area contributed by atoms with Crippen molar-refractivity contribution in [3.8, 4) is 0 Å². The van der Waals surface area contributed by atoms with Gasteiger partial charge in [0.05, 0.1) is 6.04 Å². The highest BCUT2D eigenvalue weighted by Crippen LogP contribution is 2.22. The number of carbonyl (C=O) groups excluding carboxylic acids is 2. The lowest BCUT2D eigenvalue weighted by atomic mass is 9.91. The molecule has 2 unspecified atom stereocenters. The Morgan fingerprint density at radius 3 is 2.25 bits per heavy atom. The van der Waals surface area contributed by atoms with E-state index in [0.29, 0.717) is 11.7 Å². The Balaban J connectivity index is 0.00000280. The summed E-state index contributed by atoms with van der Waals surface area (Å²) < 4.78 is 0. The Labute approximate surface area is 171 Å². The van der Waals surface area contributed by atoms with Crippen molar-refractivity contribution in [1.29, 1.82) is 0 Å². The molecule has 0 radical (unpaired) electrons. The van der Waals surface area contributed by atoms with Gasteiger partial charge in [0.2, 0.25) is 5.91 Å². The Morgan fingerprint density at radius 2 is 1.68 bits per heavy atom. The molecule has 2 aromatic rings. The molecule has 5 N–H and O–H groups in total. The summed E-state index contributed by atoms with van der Waals surface area (Å²) in [5.74, 6) is -0.243. The van der Waals surface area contributed by atoms with Crippen LogP contribution in [0.4, 0.5) is 10.5 Å². The van der Waals surface area contributed by atoms with Crippen molar-refractivity contribution in [2.24, 2.45) is 5.73 Å². The number of hydrogen-bond donors (Lipinski definition) is 4. The highest BCUT2D eigenvalue weighted by Gasteiger charge is 2.31. The minimum absolute atomic E-state index is 0. The Morgan fingerprint density at radius 1 is 1.07 bits per heavy atom. The molecule has 0 spiro atoms. The number of amides is 3.